The summed E-state index contributed by atoms with van der Waals surface area (Å²) < 4.78 is 14.1. The van der Waals surface area contributed by atoms with E-state index >= 15 is 0 Å². The van der Waals surface area contributed by atoms with Crippen LogP contribution in [0.4, 0.5) is 4.39 Å². The third-order valence-electron chi connectivity index (χ3n) is 4.04. The largest absolute Gasteiger partial charge is 0.369 e. The molecule has 0 amide bonds. The standard InChI is InChI=1S/C17H18FN5.ClH/c1-10-6-7-21-14-8-11(12-4-2-3-5-13(12)18)9-15(16(10)14)22-23-17(19)20;/h2-7,11H,8-9H2,1H3,(H4,19,20,23);1H. The van der Waals surface area contributed by atoms with Gasteiger partial charge < -0.3 is 11.5 Å². The molecule has 5 nitrogen and oxygen atoms in total. The highest BCUT2D eigenvalue weighted by molar-refractivity contribution is 6.04. The number of benzene rings is 1. The predicted molar refractivity (Wildman–Crippen MR) is 96.0 cm³/mol. The van der Waals surface area contributed by atoms with Crippen molar-refractivity contribution in [3.05, 3.63) is 64.7 Å². The van der Waals surface area contributed by atoms with Gasteiger partial charge in [0.2, 0.25) is 5.96 Å². The van der Waals surface area contributed by atoms with Gasteiger partial charge in [0.1, 0.15) is 5.82 Å². The topological polar surface area (TPSA) is 89.6 Å². The van der Waals surface area contributed by atoms with Crippen LogP contribution in [0.25, 0.3) is 0 Å². The van der Waals surface area contributed by atoms with Crippen LogP contribution >= 0.6 is 12.4 Å². The van der Waals surface area contributed by atoms with E-state index in [0.717, 1.165) is 22.5 Å². The highest BCUT2D eigenvalue weighted by Crippen LogP contribution is 2.34. The zero-order valence-electron chi connectivity index (χ0n) is 13.2. The molecule has 2 aromatic rings. The number of aryl methyl sites for hydroxylation is 1. The number of nitrogens with zero attached hydrogens (tertiary/aromatic N) is 3. The summed E-state index contributed by atoms with van der Waals surface area (Å²) in [6, 6.07) is 8.73. The zero-order chi connectivity index (χ0) is 16.4. The summed E-state index contributed by atoms with van der Waals surface area (Å²) in [6.07, 6.45) is 2.99. The minimum Gasteiger partial charge on any atom is -0.369 e. The van der Waals surface area contributed by atoms with E-state index in [2.05, 4.69) is 15.2 Å². The molecule has 7 heteroatoms. The first-order chi connectivity index (χ1) is 11.1. The van der Waals surface area contributed by atoms with E-state index in [4.69, 9.17) is 11.5 Å². The molecule has 3 rings (SSSR count). The molecule has 0 saturated heterocycles. The first-order valence-corrected chi connectivity index (χ1v) is 7.41. The van der Waals surface area contributed by atoms with Crippen LogP contribution in [0.2, 0.25) is 0 Å². The third-order valence-corrected chi connectivity index (χ3v) is 4.04. The summed E-state index contributed by atoms with van der Waals surface area (Å²) in [4.78, 5) is 4.45. The maximum atomic E-state index is 14.1. The lowest BCUT2D eigenvalue weighted by Gasteiger charge is -2.26. The van der Waals surface area contributed by atoms with Gasteiger partial charge in [-0.1, -0.05) is 18.2 Å². The van der Waals surface area contributed by atoms with Crippen LogP contribution in [0.1, 0.15) is 34.7 Å². The average molecular weight is 348 g/mol. The Morgan fingerprint density at radius 1 is 1.21 bits per heavy atom. The minimum absolute atomic E-state index is 0. The van der Waals surface area contributed by atoms with Crippen LogP contribution in [0, 0.1) is 12.7 Å². The van der Waals surface area contributed by atoms with Crippen molar-refractivity contribution >= 4 is 24.1 Å². The monoisotopic (exact) mass is 347 g/mol. The second kappa shape index (κ2) is 7.40. The Labute approximate surface area is 146 Å². The Kier molecular flexibility index (Phi) is 5.51. The molecule has 0 bridgehead atoms. The average Bonchev–Trinajstić information content (AvgIpc) is 2.53. The van der Waals surface area contributed by atoms with Crippen LogP contribution in [0.15, 0.2) is 46.7 Å². The SMILES string of the molecule is Cc1ccnc2c1C(=NN=C(N)N)CC(c1ccccc1F)C2.Cl. The van der Waals surface area contributed by atoms with Crippen LogP contribution < -0.4 is 11.5 Å². The second-order valence-corrected chi connectivity index (χ2v) is 5.65. The fraction of sp³-hybridized carbons (Fsp3) is 0.235. The second-order valence-electron chi connectivity index (χ2n) is 5.65. The molecule has 126 valence electrons. The fourth-order valence-electron chi connectivity index (χ4n) is 3.04. The molecule has 1 aliphatic carbocycles. The highest BCUT2D eigenvalue weighted by atomic mass is 35.5. The van der Waals surface area contributed by atoms with Crippen LogP contribution in [0.5, 0.6) is 0 Å². The summed E-state index contributed by atoms with van der Waals surface area (Å²) >= 11 is 0. The molecule has 0 radical (unpaired) electrons. The molecule has 0 saturated carbocycles. The summed E-state index contributed by atoms with van der Waals surface area (Å²) in [7, 11) is 0. The fourth-order valence-corrected chi connectivity index (χ4v) is 3.04. The van der Waals surface area contributed by atoms with Crippen molar-refractivity contribution in [2.75, 3.05) is 0 Å². The number of aromatic nitrogens is 1. The number of halogens is 2. The highest BCUT2D eigenvalue weighted by Gasteiger charge is 2.28. The van der Waals surface area contributed by atoms with E-state index in [1.165, 1.54) is 6.07 Å². The number of hydrogen-bond donors (Lipinski definition) is 2. The molecular weight excluding hydrogens is 329 g/mol. The molecule has 0 aliphatic heterocycles. The molecule has 1 aromatic heterocycles. The summed E-state index contributed by atoms with van der Waals surface area (Å²) in [5.41, 5.74) is 15.1. The van der Waals surface area contributed by atoms with Crippen molar-refractivity contribution in [1.82, 2.24) is 4.98 Å². The zero-order valence-corrected chi connectivity index (χ0v) is 14.1. The van der Waals surface area contributed by atoms with Crippen LogP contribution in [0.3, 0.4) is 0 Å². The maximum absolute atomic E-state index is 14.1. The molecule has 1 unspecified atom stereocenters. The summed E-state index contributed by atoms with van der Waals surface area (Å²) in [5, 5.41) is 7.96. The van der Waals surface area contributed by atoms with E-state index in [1.807, 2.05) is 19.1 Å². The van der Waals surface area contributed by atoms with Gasteiger partial charge in [-0.05, 0) is 48.9 Å². The lowest BCUT2D eigenvalue weighted by atomic mass is 9.80. The molecule has 24 heavy (non-hydrogen) atoms. The Morgan fingerprint density at radius 3 is 2.67 bits per heavy atom. The van der Waals surface area contributed by atoms with Gasteiger partial charge in [-0.2, -0.15) is 5.10 Å². The molecule has 0 spiro atoms. The molecule has 0 fully saturated rings. The van der Waals surface area contributed by atoms with E-state index in [0.29, 0.717) is 18.4 Å². The van der Waals surface area contributed by atoms with E-state index < -0.39 is 0 Å². The van der Waals surface area contributed by atoms with Crippen LogP contribution in [-0.4, -0.2) is 16.7 Å². The van der Waals surface area contributed by atoms with Gasteiger partial charge in [-0.3, -0.25) is 4.98 Å². The normalized spacial score (nSPS) is 17.8. The summed E-state index contributed by atoms with van der Waals surface area (Å²) in [6.45, 7) is 2.00. The smallest absolute Gasteiger partial charge is 0.211 e. The Morgan fingerprint density at radius 2 is 1.96 bits per heavy atom. The molecule has 4 N–H and O–H groups in total. The lowest BCUT2D eigenvalue weighted by molar-refractivity contribution is 0.572. The van der Waals surface area contributed by atoms with Crippen molar-refractivity contribution in [1.29, 1.82) is 0 Å². The number of guanidine groups is 1. The molecule has 1 heterocycles. The first kappa shape index (κ1) is 17.9. The number of fused-ring (bicyclic) bond motifs is 1. The van der Waals surface area contributed by atoms with Gasteiger partial charge in [0.05, 0.1) is 11.4 Å². The number of hydrogen-bond acceptors (Lipinski definition) is 3. The molecule has 1 aliphatic rings. The number of rotatable bonds is 2. The number of nitrogens with two attached hydrogens (primary N) is 2. The Balaban J connectivity index is 0.00000208. The Bertz CT molecular complexity index is 799. The van der Waals surface area contributed by atoms with Crippen molar-refractivity contribution in [3.8, 4) is 0 Å². The lowest BCUT2D eigenvalue weighted by Crippen LogP contribution is -2.24. The van der Waals surface area contributed by atoms with E-state index in [-0.39, 0.29) is 30.1 Å². The summed E-state index contributed by atoms with van der Waals surface area (Å²) in [5.74, 6) is -0.352. The van der Waals surface area contributed by atoms with Gasteiger partial charge in [0, 0.05) is 11.8 Å². The van der Waals surface area contributed by atoms with Gasteiger partial charge in [0.25, 0.3) is 0 Å². The molecular formula is C17H19ClFN5. The van der Waals surface area contributed by atoms with E-state index in [1.54, 1.807) is 18.3 Å². The van der Waals surface area contributed by atoms with Crippen molar-refractivity contribution in [3.63, 3.8) is 0 Å². The predicted octanol–water partition coefficient (Wildman–Crippen LogP) is 2.66. The quantitative estimate of drug-likeness (QED) is 0.497. The van der Waals surface area contributed by atoms with Crippen molar-refractivity contribution < 1.29 is 4.39 Å². The van der Waals surface area contributed by atoms with E-state index in [9.17, 15) is 4.39 Å². The third kappa shape index (κ3) is 3.54. The van der Waals surface area contributed by atoms with Gasteiger partial charge >= 0.3 is 0 Å². The van der Waals surface area contributed by atoms with Gasteiger partial charge in [0.15, 0.2) is 0 Å². The minimum atomic E-state index is -0.213. The maximum Gasteiger partial charge on any atom is 0.211 e. The van der Waals surface area contributed by atoms with Gasteiger partial charge in [-0.25, -0.2) is 4.39 Å². The number of pyridine rings is 1. The van der Waals surface area contributed by atoms with Crippen LogP contribution in [-0.2, 0) is 6.42 Å². The Hall–Kier alpha value is -2.47. The van der Waals surface area contributed by atoms with Crippen molar-refractivity contribution in [2.24, 2.45) is 21.7 Å². The molecule has 1 atom stereocenters. The first-order valence-electron chi connectivity index (χ1n) is 7.41. The van der Waals surface area contributed by atoms with Crippen molar-refractivity contribution in [2.45, 2.75) is 25.7 Å². The molecule has 1 aromatic carbocycles. The van der Waals surface area contributed by atoms with Gasteiger partial charge in [-0.15, -0.1) is 17.5 Å².